The van der Waals surface area contributed by atoms with Crippen LogP contribution in [0.15, 0.2) is 48.5 Å². The number of hydrogen-bond donors (Lipinski definition) is 4. The highest BCUT2D eigenvalue weighted by Gasteiger charge is 2.32. The lowest BCUT2D eigenvalue weighted by molar-refractivity contribution is -0.128. The Hall–Kier alpha value is -2.55. The van der Waals surface area contributed by atoms with Gasteiger partial charge in [-0.05, 0) is 31.4 Å². The van der Waals surface area contributed by atoms with Crippen molar-refractivity contribution in [3.05, 3.63) is 54.2 Å². The highest BCUT2D eigenvalue weighted by Crippen LogP contribution is 2.19. The predicted octanol–water partition coefficient (Wildman–Crippen LogP) is 1.86. The van der Waals surface area contributed by atoms with Gasteiger partial charge < -0.3 is 20.5 Å². The van der Waals surface area contributed by atoms with E-state index in [9.17, 15) is 24.7 Å². The molecule has 1 aromatic carbocycles. The van der Waals surface area contributed by atoms with Gasteiger partial charge >= 0.3 is 7.12 Å². The Balaban J connectivity index is 2.14. The Morgan fingerprint density at radius 2 is 1.70 bits per heavy atom. The summed E-state index contributed by atoms with van der Waals surface area (Å²) in [5, 5.41) is 31.7. The lowest BCUT2D eigenvalue weighted by Crippen LogP contribution is -2.50. The molecular formula is C22H29BN2O5. The second-order valence-corrected chi connectivity index (χ2v) is 7.91. The molecule has 0 radical (unpaired) electrons. The number of hydrogen-bond acceptors (Lipinski definition) is 6. The van der Waals surface area contributed by atoms with Gasteiger partial charge in [-0.2, -0.15) is 0 Å². The quantitative estimate of drug-likeness (QED) is 0.349. The fraction of sp³-hybridized carbons (Fsp3) is 0.409. The molecule has 8 heteroatoms. The van der Waals surface area contributed by atoms with Gasteiger partial charge in [0.1, 0.15) is 5.69 Å². The van der Waals surface area contributed by atoms with Crippen molar-refractivity contribution in [1.82, 2.24) is 10.3 Å². The number of amides is 1. The molecule has 30 heavy (non-hydrogen) atoms. The number of aliphatic hydroxyl groups is 1. The molecule has 1 amide bonds. The van der Waals surface area contributed by atoms with Gasteiger partial charge in [-0.25, -0.2) is 4.98 Å². The number of ketones is 1. The largest absolute Gasteiger partial charge is 0.475 e. The number of rotatable bonds is 10. The van der Waals surface area contributed by atoms with Crippen LogP contribution in [0.3, 0.4) is 0 Å². The van der Waals surface area contributed by atoms with Crippen LogP contribution < -0.4 is 5.32 Å². The van der Waals surface area contributed by atoms with Crippen molar-refractivity contribution < 1.29 is 24.7 Å². The number of nitrogens with one attached hydrogen (secondary N) is 1. The molecular weight excluding hydrogens is 383 g/mol. The number of nitrogens with zero attached hydrogens (tertiary/aromatic N) is 1. The molecule has 2 rings (SSSR count). The van der Waals surface area contributed by atoms with Gasteiger partial charge in [0.15, 0.2) is 5.78 Å². The maximum atomic E-state index is 12.8. The molecule has 0 saturated carbocycles. The van der Waals surface area contributed by atoms with Crippen molar-refractivity contribution >= 4 is 18.8 Å². The minimum atomic E-state index is -1.73. The zero-order valence-electron chi connectivity index (χ0n) is 17.5. The van der Waals surface area contributed by atoms with Crippen LogP contribution >= 0.6 is 0 Å². The topological polar surface area (TPSA) is 120 Å². The molecule has 0 aliphatic rings. The van der Waals surface area contributed by atoms with E-state index in [4.69, 9.17) is 0 Å². The summed E-state index contributed by atoms with van der Waals surface area (Å²) in [6.07, 6.45) is -0.989. The Morgan fingerprint density at radius 1 is 1.03 bits per heavy atom. The summed E-state index contributed by atoms with van der Waals surface area (Å²) in [6.45, 7) is 5.21. The minimum Gasteiger partial charge on any atom is -0.426 e. The SMILES string of the molecule is CC(C)C[C@H](NC(=O)[C@@H](CC(=O)c1cccc(-c2ccccc2)n1)C(C)O)B(O)O. The summed E-state index contributed by atoms with van der Waals surface area (Å²) in [5.74, 6) is -2.77. The Bertz CT molecular complexity index is 842. The molecule has 1 aromatic heterocycles. The number of Topliss-reactive ketones (excluding diaryl/α,β-unsaturated/α-hetero) is 1. The molecule has 1 unspecified atom stereocenters. The molecule has 2 aromatic rings. The van der Waals surface area contributed by atoms with E-state index < -0.39 is 31.0 Å². The zero-order valence-corrected chi connectivity index (χ0v) is 17.5. The maximum Gasteiger partial charge on any atom is 0.475 e. The first kappa shape index (κ1) is 23.7. The average molecular weight is 412 g/mol. The average Bonchev–Trinajstić information content (AvgIpc) is 2.71. The molecule has 7 nitrogen and oxygen atoms in total. The lowest BCUT2D eigenvalue weighted by atomic mass is 9.74. The number of pyridine rings is 1. The van der Waals surface area contributed by atoms with E-state index in [0.29, 0.717) is 12.1 Å². The number of carbonyl (C=O) groups is 2. The molecule has 0 spiro atoms. The van der Waals surface area contributed by atoms with Gasteiger partial charge in [-0.3, -0.25) is 9.59 Å². The number of benzene rings is 1. The van der Waals surface area contributed by atoms with Gasteiger partial charge in [0, 0.05) is 12.0 Å². The predicted molar refractivity (Wildman–Crippen MR) is 115 cm³/mol. The van der Waals surface area contributed by atoms with E-state index in [1.54, 1.807) is 18.2 Å². The Morgan fingerprint density at radius 3 is 2.27 bits per heavy atom. The monoisotopic (exact) mass is 412 g/mol. The molecule has 0 saturated heterocycles. The third-order valence-electron chi connectivity index (χ3n) is 4.84. The summed E-state index contributed by atoms with van der Waals surface area (Å²) in [6, 6.07) is 14.5. The smallest absolute Gasteiger partial charge is 0.426 e. The summed E-state index contributed by atoms with van der Waals surface area (Å²) in [7, 11) is -1.73. The standard InChI is InChI=1S/C22H29BN2O5/c1-14(2)12-21(23(29)30)25-22(28)17(15(3)26)13-20(27)19-11-7-10-18(24-19)16-8-5-4-6-9-16/h4-11,14-15,17,21,26,29-30H,12-13H2,1-3H3,(H,25,28)/t15?,17-,21-/m0/s1. The van der Waals surface area contributed by atoms with E-state index in [1.807, 2.05) is 44.2 Å². The van der Waals surface area contributed by atoms with Crippen LogP contribution in [0.2, 0.25) is 0 Å². The number of aromatic nitrogens is 1. The van der Waals surface area contributed by atoms with Crippen molar-refractivity contribution in [1.29, 1.82) is 0 Å². The molecule has 3 atom stereocenters. The first-order valence-electron chi connectivity index (χ1n) is 10.1. The molecule has 0 aliphatic carbocycles. The summed E-state index contributed by atoms with van der Waals surface area (Å²) >= 11 is 0. The lowest BCUT2D eigenvalue weighted by Gasteiger charge is -2.24. The number of aliphatic hydroxyl groups excluding tert-OH is 1. The van der Waals surface area contributed by atoms with Crippen molar-refractivity contribution in [2.45, 2.75) is 45.7 Å². The fourth-order valence-corrected chi connectivity index (χ4v) is 3.20. The van der Waals surface area contributed by atoms with Crippen LogP contribution in [0.4, 0.5) is 0 Å². The zero-order chi connectivity index (χ0) is 22.3. The van der Waals surface area contributed by atoms with E-state index in [2.05, 4.69) is 10.3 Å². The van der Waals surface area contributed by atoms with Gasteiger partial charge in [0.2, 0.25) is 5.91 Å². The highest BCUT2D eigenvalue weighted by atomic mass is 16.4. The van der Waals surface area contributed by atoms with Crippen molar-refractivity contribution in [2.24, 2.45) is 11.8 Å². The van der Waals surface area contributed by atoms with E-state index in [-0.39, 0.29) is 23.8 Å². The molecule has 160 valence electrons. The molecule has 0 bridgehead atoms. The van der Waals surface area contributed by atoms with Crippen LogP contribution in [0, 0.1) is 11.8 Å². The molecule has 0 fully saturated rings. The third-order valence-corrected chi connectivity index (χ3v) is 4.84. The van der Waals surface area contributed by atoms with Crippen molar-refractivity contribution in [3.8, 4) is 11.3 Å². The maximum absolute atomic E-state index is 12.8. The van der Waals surface area contributed by atoms with Crippen molar-refractivity contribution in [2.75, 3.05) is 0 Å². The van der Waals surface area contributed by atoms with Crippen LogP contribution in [0.1, 0.15) is 44.1 Å². The second-order valence-electron chi connectivity index (χ2n) is 7.91. The normalized spacial score (nSPS) is 14.1. The van der Waals surface area contributed by atoms with Crippen LogP contribution in [-0.2, 0) is 4.79 Å². The van der Waals surface area contributed by atoms with E-state index >= 15 is 0 Å². The summed E-state index contributed by atoms with van der Waals surface area (Å²) < 4.78 is 0. The minimum absolute atomic E-state index is 0.119. The van der Waals surface area contributed by atoms with Crippen LogP contribution in [0.25, 0.3) is 11.3 Å². The first-order valence-corrected chi connectivity index (χ1v) is 10.1. The van der Waals surface area contributed by atoms with Crippen molar-refractivity contribution in [3.63, 3.8) is 0 Å². The Kier molecular flexibility index (Phi) is 8.71. The van der Waals surface area contributed by atoms with Crippen LogP contribution in [0.5, 0.6) is 0 Å². The van der Waals surface area contributed by atoms with Gasteiger partial charge in [-0.15, -0.1) is 0 Å². The Labute approximate surface area is 177 Å². The van der Waals surface area contributed by atoms with Gasteiger partial charge in [-0.1, -0.05) is 50.2 Å². The van der Waals surface area contributed by atoms with Gasteiger partial charge in [0.25, 0.3) is 0 Å². The summed E-state index contributed by atoms with van der Waals surface area (Å²) in [5.41, 5.74) is 1.71. The highest BCUT2D eigenvalue weighted by molar-refractivity contribution is 6.43. The van der Waals surface area contributed by atoms with E-state index in [0.717, 1.165) is 5.56 Å². The number of carbonyl (C=O) groups excluding carboxylic acids is 2. The first-order chi connectivity index (χ1) is 14.2. The molecule has 0 aliphatic heterocycles. The molecule has 1 heterocycles. The van der Waals surface area contributed by atoms with Gasteiger partial charge in [0.05, 0.1) is 23.7 Å². The van der Waals surface area contributed by atoms with Crippen LogP contribution in [-0.4, -0.2) is 51.0 Å². The fourth-order valence-electron chi connectivity index (χ4n) is 3.20. The third kappa shape index (κ3) is 6.76. The molecule has 4 N–H and O–H groups in total. The summed E-state index contributed by atoms with van der Waals surface area (Å²) in [4.78, 5) is 29.9. The second kappa shape index (κ2) is 11.0. The van der Waals surface area contributed by atoms with E-state index in [1.165, 1.54) is 6.92 Å².